The van der Waals surface area contributed by atoms with Gasteiger partial charge in [-0.25, -0.2) is 0 Å². The smallest absolute Gasteiger partial charge is 0.123 e. The molecule has 1 aromatic rings. The Hall–Kier alpha value is -0.800. The van der Waals surface area contributed by atoms with Crippen LogP contribution in [0.5, 0.6) is 0 Å². The third-order valence-electron chi connectivity index (χ3n) is 2.46. The van der Waals surface area contributed by atoms with Crippen LogP contribution in [0.15, 0.2) is 16.5 Å². The summed E-state index contributed by atoms with van der Waals surface area (Å²) in [5.74, 6) is 1.74. The van der Waals surface area contributed by atoms with Gasteiger partial charge in [0, 0.05) is 6.61 Å². The van der Waals surface area contributed by atoms with E-state index in [2.05, 4.69) is 0 Å². The molecule has 0 spiro atoms. The molecule has 0 unspecified atom stereocenters. The molecule has 3 nitrogen and oxygen atoms in total. The van der Waals surface area contributed by atoms with Gasteiger partial charge < -0.3 is 14.9 Å². The van der Waals surface area contributed by atoms with Gasteiger partial charge in [-0.2, -0.15) is 0 Å². The summed E-state index contributed by atoms with van der Waals surface area (Å²) in [6, 6.07) is 3.77. The fourth-order valence-electron chi connectivity index (χ4n) is 1.70. The first kappa shape index (κ1) is 8.78. The SMILES string of the molecule is Cc1ccc([C@H](N)[C@H]2CCCO2)o1. The van der Waals surface area contributed by atoms with Gasteiger partial charge in [-0.3, -0.25) is 0 Å². The Morgan fingerprint density at radius 3 is 2.92 bits per heavy atom. The Morgan fingerprint density at radius 2 is 2.38 bits per heavy atom. The second-order valence-electron chi connectivity index (χ2n) is 3.53. The standard InChI is InChI=1S/C10H15NO2/c1-7-4-5-9(13-7)10(11)8-3-2-6-12-8/h4-5,8,10H,2-3,6,11H2,1H3/t8-,10-/m1/s1. The molecule has 2 rings (SSSR count). The van der Waals surface area contributed by atoms with Crippen molar-refractivity contribution in [2.24, 2.45) is 5.73 Å². The third-order valence-corrected chi connectivity index (χ3v) is 2.46. The van der Waals surface area contributed by atoms with Crippen LogP contribution < -0.4 is 5.73 Å². The molecule has 72 valence electrons. The van der Waals surface area contributed by atoms with Gasteiger partial charge in [0.15, 0.2) is 0 Å². The fraction of sp³-hybridized carbons (Fsp3) is 0.600. The molecule has 0 aromatic carbocycles. The highest BCUT2D eigenvalue weighted by molar-refractivity contribution is 5.10. The zero-order chi connectivity index (χ0) is 9.26. The monoisotopic (exact) mass is 181 g/mol. The van der Waals surface area contributed by atoms with E-state index in [1.807, 2.05) is 19.1 Å². The Labute approximate surface area is 77.9 Å². The largest absolute Gasteiger partial charge is 0.465 e. The van der Waals surface area contributed by atoms with Crippen LogP contribution in [0.1, 0.15) is 30.4 Å². The van der Waals surface area contributed by atoms with Crippen LogP contribution in [0.2, 0.25) is 0 Å². The predicted octanol–water partition coefficient (Wildman–Crippen LogP) is 1.77. The van der Waals surface area contributed by atoms with Crippen LogP contribution in [-0.2, 0) is 4.74 Å². The molecule has 0 aliphatic carbocycles. The molecule has 0 saturated carbocycles. The van der Waals surface area contributed by atoms with E-state index in [4.69, 9.17) is 14.9 Å². The van der Waals surface area contributed by atoms with Gasteiger partial charge in [-0.1, -0.05) is 0 Å². The Balaban J connectivity index is 2.07. The van der Waals surface area contributed by atoms with Gasteiger partial charge in [0.2, 0.25) is 0 Å². The maximum Gasteiger partial charge on any atom is 0.123 e. The van der Waals surface area contributed by atoms with Gasteiger partial charge in [0.05, 0.1) is 12.1 Å². The van der Waals surface area contributed by atoms with Crippen LogP contribution >= 0.6 is 0 Å². The second kappa shape index (κ2) is 3.52. The Kier molecular flexibility index (Phi) is 2.38. The maximum atomic E-state index is 5.99. The number of hydrogen-bond donors (Lipinski definition) is 1. The molecule has 1 aromatic heterocycles. The second-order valence-corrected chi connectivity index (χ2v) is 3.53. The first-order valence-corrected chi connectivity index (χ1v) is 4.71. The highest BCUT2D eigenvalue weighted by Crippen LogP contribution is 2.25. The average molecular weight is 181 g/mol. The van der Waals surface area contributed by atoms with Crippen LogP contribution in [0.25, 0.3) is 0 Å². The topological polar surface area (TPSA) is 48.4 Å². The molecule has 3 heteroatoms. The van der Waals surface area contributed by atoms with Crippen molar-refractivity contribution < 1.29 is 9.15 Å². The minimum absolute atomic E-state index is 0.101. The van der Waals surface area contributed by atoms with Crippen molar-refractivity contribution in [3.63, 3.8) is 0 Å². The minimum atomic E-state index is -0.101. The van der Waals surface area contributed by atoms with E-state index in [1.54, 1.807) is 0 Å². The predicted molar refractivity (Wildman–Crippen MR) is 49.3 cm³/mol. The molecule has 1 aliphatic rings. The van der Waals surface area contributed by atoms with Crippen LogP contribution in [-0.4, -0.2) is 12.7 Å². The first-order chi connectivity index (χ1) is 6.27. The molecule has 2 atom stereocenters. The van der Waals surface area contributed by atoms with Crippen molar-refractivity contribution >= 4 is 0 Å². The van der Waals surface area contributed by atoms with Crippen LogP contribution in [0.4, 0.5) is 0 Å². The highest BCUT2D eigenvalue weighted by atomic mass is 16.5. The normalized spacial score (nSPS) is 24.9. The summed E-state index contributed by atoms with van der Waals surface area (Å²) < 4.78 is 10.9. The lowest BCUT2D eigenvalue weighted by atomic mass is 10.1. The summed E-state index contributed by atoms with van der Waals surface area (Å²) in [5, 5.41) is 0. The van der Waals surface area contributed by atoms with E-state index in [0.29, 0.717) is 0 Å². The number of aryl methyl sites for hydroxylation is 1. The summed E-state index contributed by atoms with van der Waals surface area (Å²) >= 11 is 0. The number of ether oxygens (including phenoxy) is 1. The molecule has 1 aliphatic heterocycles. The first-order valence-electron chi connectivity index (χ1n) is 4.71. The van der Waals surface area contributed by atoms with E-state index in [-0.39, 0.29) is 12.1 Å². The van der Waals surface area contributed by atoms with Crippen LogP contribution in [0, 0.1) is 6.92 Å². The number of nitrogens with two attached hydrogens (primary N) is 1. The molecule has 0 radical (unpaired) electrons. The number of rotatable bonds is 2. The van der Waals surface area contributed by atoms with Gasteiger partial charge in [-0.15, -0.1) is 0 Å². The van der Waals surface area contributed by atoms with E-state index < -0.39 is 0 Å². The number of furan rings is 1. The molecule has 0 amide bonds. The zero-order valence-electron chi connectivity index (χ0n) is 7.82. The third kappa shape index (κ3) is 1.76. The average Bonchev–Trinajstić information content (AvgIpc) is 2.72. The van der Waals surface area contributed by atoms with Crippen molar-refractivity contribution in [2.45, 2.75) is 31.9 Å². The van der Waals surface area contributed by atoms with Gasteiger partial charge in [0.1, 0.15) is 11.5 Å². The number of hydrogen-bond acceptors (Lipinski definition) is 3. The van der Waals surface area contributed by atoms with Crippen molar-refractivity contribution in [2.75, 3.05) is 6.61 Å². The molecule has 13 heavy (non-hydrogen) atoms. The van der Waals surface area contributed by atoms with Gasteiger partial charge in [0.25, 0.3) is 0 Å². The van der Waals surface area contributed by atoms with E-state index >= 15 is 0 Å². The lowest BCUT2D eigenvalue weighted by molar-refractivity contribution is 0.0836. The molecule has 1 saturated heterocycles. The van der Waals surface area contributed by atoms with Crippen molar-refractivity contribution in [3.8, 4) is 0 Å². The zero-order valence-corrected chi connectivity index (χ0v) is 7.82. The maximum absolute atomic E-state index is 5.99. The Bertz CT molecular complexity index is 276. The van der Waals surface area contributed by atoms with E-state index in [1.165, 1.54) is 0 Å². The van der Waals surface area contributed by atoms with Gasteiger partial charge >= 0.3 is 0 Å². The Morgan fingerprint density at radius 1 is 1.54 bits per heavy atom. The highest BCUT2D eigenvalue weighted by Gasteiger charge is 2.25. The van der Waals surface area contributed by atoms with Crippen molar-refractivity contribution in [3.05, 3.63) is 23.7 Å². The minimum Gasteiger partial charge on any atom is -0.465 e. The summed E-state index contributed by atoms with van der Waals surface area (Å²) in [5.41, 5.74) is 5.99. The molecule has 2 heterocycles. The summed E-state index contributed by atoms with van der Waals surface area (Å²) in [6.45, 7) is 2.75. The summed E-state index contributed by atoms with van der Waals surface area (Å²) in [6.07, 6.45) is 2.30. The lowest BCUT2D eigenvalue weighted by Gasteiger charge is -2.15. The van der Waals surface area contributed by atoms with Crippen LogP contribution in [0.3, 0.4) is 0 Å². The quantitative estimate of drug-likeness (QED) is 0.756. The van der Waals surface area contributed by atoms with E-state index in [9.17, 15) is 0 Å². The fourth-order valence-corrected chi connectivity index (χ4v) is 1.70. The molecular weight excluding hydrogens is 166 g/mol. The molecular formula is C10H15NO2. The van der Waals surface area contributed by atoms with E-state index in [0.717, 1.165) is 31.0 Å². The molecule has 1 fully saturated rings. The van der Waals surface area contributed by atoms with Crippen molar-refractivity contribution in [1.29, 1.82) is 0 Å². The summed E-state index contributed by atoms with van der Waals surface area (Å²) in [4.78, 5) is 0. The van der Waals surface area contributed by atoms with Gasteiger partial charge in [-0.05, 0) is 31.9 Å². The summed E-state index contributed by atoms with van der Waals surface area (Å²) in [7, 11) is 0. The van der Waals surface area contributed by atoms with Crippen molar-refractivity contribution in [1.82, 2.24) is 0 Å². The lowest BCUT2D eigenvalue weighted by Crippen LogP contribution is -2.24. The molecule has 0 bridgehead atoms. The molecule has 2 N–H and O–H groups in total.